The molecule has 58 heavy (non-hydrogen) atoms. The maximum Gasteiger partial charge on any atom is 0.183 e. The van der Waals surface area contributed by atoms with Gasteiger partial charge in [-0.2, -0.15) is 0 Å². The molecule has 0 saturated carbocycles. The first-order chi connectivity index (χ1) is 28.7. The maximum absolute atomic E-state index is 6.72. The second-order valence-electron chi connectivity index (χ2n) is 14.5. The van der Waals surface area contributed by atoms with Crippen LogP contribution >= 0.6 is 0 Å². The highest BCUT2D eigenvalue weighted by atomic mass is 16.3. The van der Waals surface area contributed by atoms with Crippen molar-refractivity contribution in [1.29, 1.82) is 0 Å². The topological polar surface area (TPSA) is 55.1 Å². The molecule has 5 heteroatoms. The Morgan fingerprint density at radius 1 is 0.362 bits per heavy atom. The molecule has 11 aromatic rings. The summed E-state index contributed by atoms with van der Waals surface area (Å²) in [5.74, 6) is 0.532. The normalized spacial score (nSPS) is 11.4. The first-order valence-corrected chi connectivity index (χ1v) is 19.4. The van der Waals surface area contributed by atoms with E-state index in [9.17, 15) is 0 Å². The van der Waals surface area contributed by atoms with E-state index in [-0.39, 0.29) is 0 Å². The van der Waals surface area contributed by atoms with Crippen molar-refractivity contribution in [2.75, 3.05) is 4.90 Å². The van der Waals surface area contributed by atoms with E-state index in [0.29, 0.717) is 5.82 Å². The van der Waals surface area contributed by atoms with Gasteiger partial charge in [-0.1, -0.05) is 146 Å². The number of benzene rings is 9. The third-order valence-electron chi connectivity index (χ3n) is 10.9. The predicted molar refractivity (Wildman–Crippen MR) is 239 cm³/mol. The van der Waals surface area contributed by atoms with Crippen molar-refractivity contribution in [3.63, 3.8) is 0 Å². The molecule has 0 saturated heterocycles. The Labute approximate surface area is 335 Å². The lowest BCUT2D eigenvalue weighted by Gasteiger charge is -2.26. The molecular formula is C53H34N4O. The highest BCUT2D eigenvalue weighted by Crippen LogP contribution is 2.43. The molecule has 0 spiro atoms. The summed E-state index contributed by atoms with van der Waals surface area (Å²) >= 11 is 0. The fraction of sp³-hybridized carbons (Fsp3) is 0. The van der Waals surface area contributed by atoms with E-state index in [1.54, 1.807) is 0 Å². The smallest absolute Gasteiger partial charge is 0.183 e. The van der Waals surface area contributed by atoms with E-state index < -0.39 is 0 Å². The van der Waals surface area contributed by atoms with E-state index in [1.807, 2.05) is 48.5 Å². The van der Waals surface area contributed by atoms with Crippen LogP contribution in [0.15, 0.2) is 211 Å². The zero-order valence-corrected chi connectivity index (χ0v) is 31.3. The number of anilines is 3. The van der Waals surface area contributed by atoms with Crippen LogP contribution in [0.1, 0.15) is 0 Å². The summed E-state index contributed by atoms with van der Waals surface area (Å²) in [6.45, 7) is 0. The molecule has 272 valence electrons. The highest BCUT2D eigenvalue weighted by molar-refractivity contribution is 6.16. The van der Waals surface area contributed by atoms with Crippen molar-refractivity contribution < 1.29 is 4.42 Å². The van der Waals surface area contributed by atoms with Crippen LogP contribution in [0.25, 0.3) is 88.5 Å². The molecule has 0 aliphatic carbocycles. The van der Waals surface area contributed by atoms with Crippen LogP contribution in [-0.4, -0.2) is 15.2 Å². The maximum atomic E-state index is 6.72. The van der Waals surface area contributed by atoms with Gasteiger partial charge >= 0.3 is 0 Å². The molecule has 0 bridgehead atoms. The van der Waals surface area contributed by atoms with Gasteiger partial charge in [-0.15, -0.1) is 10.2 Å². The summed E-state index contributed by atoms with van der Waals surface area (Å²) in [6, 6.07) is 71.8. The quantitative estimate of drug-likeness (QED) is 0.163. The Balaban J connectivity index is 1.09. The van der Waals surface area contributed by atoms with Crippen molar-refractivity contribution >= 4 is 60.5 Å². The minimum atomic E-state index is 0.532. The minimum absolute atomic E-state index is 0.532. The van der Waals surface area contributed by atoms with Crippen LogP contribution in [0.3, 0.4) is 0 Å². The summed E-state index contributed by atoms with van der Waals surface area (Å²) in [4.78, 5) is 7.63. The molecule has 0 fully saturated rings. The number of para-hydroxylation sites is 1. The van der Waals surface area contributed by atoms with Crippen molar-refractivity contribution in [3.05, 3.63) is 206 Å². The van der Waals surface area contributed by atoms with Gasteiger partial charge in [0.05, 0.1) is 0 Å². The van der Waals surface area contributed by atoms with Crippen molar-refractivity contribution in [2.24, 2.45) is 0 Å². The van der Waals surface area contributed by atoms with E-state index in [2.05, 4.69) is 163 Å². The molecule has 0 N–H and O–H groups in total. The van der Waals surface area contributed by atoms with Gasteiger partial charge in [0.2, 0.25) is 0 Å². The predicted octanol–water partition coefficient (Wildman–Crippen LogP) is 14.2. The molecule has 2 aromatic heterocycles. The second kappa shape index (κ2) is 14.0. The Morgan fingerprint density at radius 3 is 1.64 bits per heavy atom. The number of rotatable bonds is 7. The number of nitrogens with zero attached hydrogens (tertiary/aromatic N) is 4. The van der Waals surface area contributed by atoms with Crippen LogP contribution in [0.4, 0.5) is 17.1 Å². The summed E-state index contributed by atoms with van der Waals surface area (Å²) < 4.78 is 6.72. The number of aromatic nitrogens is 3. The molecular weight excluding hydrogens is 709 g/mol. The van der Waals surface area contributed by atoms with Gasteiger partial charge in [-0.05, 0) is 93.3 Å². The zero-order valence-electron chi connectivity index (χ0n) is 31.3. The van der Waals surface area contributed by atoms with E-state index >= 15 is 0 Å². The molecule has 5 nitrogen and oxygen atoms in total. The van der Waals surface area contributed by atoms with Crippen LogP contribution in [-0.2, 0) is 0 Å². The van der Waals surface area contributed by atoms with Crippen LogP contribution < -0.4 is 4.90 Å². The minimum Gasteiger partial charge on any atom is -0.456 e. The Morgan fingerprint density at radius 2 is 0.931 bits per heavy atom. The molecule has 0 aliphatic heterocycles. The fourth-order valence-electron chi connectivity index (χ4n) is 8.11. The molecule has 0 atom stereocenters. The molecule has 0 aliphatic rings. The van der Waals surface area contributed by atoms with Gasteiger partial charge in [-0.25, -0.2) is 4.98 Å². The van der Waals surface area contributed by atoms with E-state index in [1.165, 1.54) is 10.8 Å². The van der Waals surface area contributed by atoms with E-state index in [0.717, 1.165) is 89.0 Å². The molecule has 0 radical (unpaired) electrons. The fourth-order valence-corrected chi connectivity index (χ4v) is 8.11. The SMILES string of the molecule is c1ccc(-c2nnc(-c3cc(-c4ccc(N(c5ccccc5)c5ccc6ccccc6c5)cc4)cc4oc5cc6ccccc6cc5c34)nc2-c2ccccc2)cc1. The van der Waals surface area contributed by atoms with Gasteiger partial charge in [0.1, 0.15) is 22.6 Å². The number of furan rings is 1. The molecule has 0 unspecified atom stereocenters. The third-order valence-corrected chi connectivity index (χ3v) is 10.9. The summed E-state index contributed by atoms with van der Waals surface area (Å²) in [6.07, 6.45) is 0. The highest BCUT2D eigenvalue weighted by Gasteiger charge is 2.21. The zero-order chi connectivity index (χ0) is 38.4. The van der Waals surface area contributed by atoms with Crippen molar-refractivity contribution in [2.45, 2.75) is 0 Å². The standard InChI is InChI=1S/C53H34N4O/c1-4-15-37(16-5-1)51-52(38-17-6-2-7-18-38)55-56-53(54-51)47-32-42(34-49-50(47)46-31-40-20-12-13-21-41(40)33-48(46)58-49)36-24-27-44(28-25-36)57(43-22-8-3-9-23-43)45-29-26-35-14-10-11-19-39(35)30-45/h1-34H. The summed E-state index contributed by atoms with van der Waals surface area (Å²) in [5.41, 5.74) is 11.1. The lowest BCUT2D eigenvalue weighted by atomic mass is 9.97. The van der Waals surface area contributed by atoms with Gasteiger partial charge in [-0.3, -0.25) is 0 Å². The number of hydrogen-bond donors (Lipinski definition) is 0. The first kappa shape index (κ1) is 33.4. The van der Waals surface area contributed by atoms with Crippen LogP contribution in [0.2, 0.25) is 0 Å². The lowest BCUT2D eigenvalue weighted by Crippen LogP contribution is -2.09. The Bertz CT molecular complexity index is 3270. The van der Waals surface area contributed by atoms with E-state index in [4.69, 9.17) is 19.6 Å². The lowest BCUT2D eigenvalue weighted by molar-refractivity contribution is 0.669. The van der Waals surface area contributed by atoms with Crippen LogP contribution in [0.5, 0.6) is 0 Å². The van der Waals surface area contributed by atoms with Gasteiger partial charge in [0.15, 0.2) is 5.82 Å². The first-order valence-electron chi connectivity index (χ1n) is 19.4. The van der Waals surface area contributed by atoms with Crippen molar-refractivity contribution in [3.8, 4) is 45.0 Å². The monoisotopic (exact) mass is 742 g/mol. The summed E-state index contributed by atoms with van der Waals surface area (Å²) in [7, 11) is 0. The average molecular weight is 743 g/mol. The number of hydrogen-bond acceptors (Lipinski definition) is 5. The Kier molecular flexibility index (Phi) is 8.07. The Hall–Kier alpha value is -7.89. The largest absolute Gasteiger partial charge is 0.456 e. The number of fused-ring (bicyclic) bond motifs is 5. The average Bonchev–Trinajstić information content (AvgIpc) is 3.66. The third kappa shape index (κ3) is 5.94. The second-order valence-corrected chi connectivity index (χ2v) is 14.5. The van der Waals surface area contributed by atoms with Gasteiger partial charge in [0, 0.05) is 44.5 Å². The molecule has 2 heterocycles. The molecule has 9 aromatic carbocycles. The van der Waals surface area contributed by atoms with Crippen molar-refractivity contribution in [1.82, 2.24) is 15.2 Å². The summed E-state index contributed by atoms with van der Waals surface area (Å²) in [5, 5.41) is 16.4. The molecule has 11 rings (SSSR count). The van der Waals surface area contributed by atoms with Crippen LogP contribution in [0, 0.1) is 0 Å². The van der Waals surface area contributed by atoms with Gasteiger partial charge in [0.25, 0.3) is 0 Å². The molecule has 0 amide bonds. The van der Waals surface area contributed by atoms with Gasteiger partial charge < -0.3 is 9.32 Å².